The van der Waals surface area contributed by atoms with E-state index in [2.05, 4.69) is 27.7 Å². The van der Waals surface area contributed by atoms with Gasteiger partial charge in [-0.3, -0.25) is 0 Å². The summed E-state index contributed by atoms with van der Waals surface area (Å²) in [6, 6.07) is 0. The Kier molecular flexibility index (Phi) is 3.20. The van der Waals surface area contributed by atoms with Gasteiger partial charge in [0.05, 0.1) is 0 Å². The molecule has 1 atom stereocenters. The molecule has 0 amide bonds. The summed E-state index contributed by atoms with van der Waals surface area (Å²) in [5, 5.41) is 0. The van der Waals surface area contributed by atoms with Crippen LogP contribution in [0, 0.1) is 17.3 Å². The fourth-order valence-electron chi connectivity index (χ4n) is 2.66. The fourth-order valence-corrected chi connectivity index (χ4v) is 2.66. The van der Waals surface area contributed by atoms with Crippen LogP contribution in [-0.4, -0.2) is 0 Å². The molecule has 1 unspecified atom stereocenters. The summed E-state index contributed by atoms with van der Waals surface area (Å²) >= 11 is 0. The SMILES string of the molecule is CC(CC(C)(C)C)C1CCCC1. The van der Waals surface area contributed by atoms with Crippen molar-refractivity contribution in [3.63, 3.8) is 0 Å². The molecule has 1 saturated carbocycles. The van der Waals surface area contributed by atoms with Gasteiger partial charge in [0.25, 0.3) is 0 Å². The normalized spacial score (nSPS) is 23.0. The monoisotopic (exact) mass is 168 g/mol. The van der Waals surface area contributed by atoms with Crippen molar-refractivity contribution in [3.8, 4) is 0 Å². The maximum absolute atomic E-state index is 2.45. The van der Waals surface area contributed by atoms with Crippen molar-refractivity contribution >= 4 is 0 Å². The second kappa shape index (κ2) is 3.81. The second-order valence-corrected chi connectivity index (χ2v) is 5.79. The van der Waals surface area contributed by atoms with Crippen molar-refractivity contribution in [1.29, 1.82) is 0 Å². The van der Waals surface area contributed by atoms with Crippen LogP contribution in [0.5, 0.6) is 0 Å². The standard InChI is InChI=1S/C12H24/c1-10(9-12(2,3)4)11-7-5-6-8-11/h10-11H,5-9H2,1-4H3. The molecule has 1 aliphatic rings. The van der Waals surface area contributed by atoms with Crippen LogP contribution in [0.1, 0.15) is 59.8 Å². The van der Waals surface area contributed by atoms with E-state index in [-0.39, 0.29) is 0 Å². The fraction of sp³-hybridized carbons (Fsp3) is 1.00. The molecule has 0 aliphatic heterocycles. The van der Waals surface area contributed by atoms with Gasteiger partial charge in [-0.05, 0) is 23.7 Å². The number of hydrogen-bond acceptors (Lipinski definition) is 0. The van der Waals surface area contributed by atoms with E-state index >= 15 is 0 Å². The minimum atomic E-state index is 0.530. The summed E-state index contributed by atoms with van der Waals surface area (Å²) in [6.45, 7) is 9.52. The molecule has 12 heavy (non-hydrogen) atoms. The third kappa shape index (κ3) is 3.16. The molecule has 1 aliphatic carbocycles. The lowest BCUT2D eigenvalue weighted by molar-refractivity contribution is 0.241. The van der Waals surface area contributed by atoms with Crippen LogP contribution < -0.4 is 0 Å². The van der Waals surface area contributed by atoms with Crippen LogP contribution in [0.2, 0.25) is 0 Å². The van der Waals surface area contributed by atoms with Crippen LogP contribution in [-0.2, 0) is 0 Å². The first-order chi connectivity index (χ1) is 5.49. The van der Waals surface area contributed by atoms with E-state index in [1.54, 1.807) is 0 Å². The lowest BCUT2D eigenvalue weighted by Gasteiger charge is -2.27. The van der Waals surface area contributed by atoms with Gasteiger partial charge in [0, 0.05) is 0 Å². The molecule has 0 aromatic carbocycles. The predicted octanol–water partition coefficient (Wildman–Crippen LogP) is 4.25. The molecule has 0 spiro atoms. The smallest absolute Gasteiger partial charge is 0.0380 e. The quantitative estimate of drug-likeness (QED) is 0.578. The molecule has 0 radical (unpaired) electrons. The Labute approximate surface area is 77.7 Å². The molecule has 0 aromatic heterocycles. The Balaban J connectivity index is 2.31. The molecule has 0 heteroatoms. The highest BCUT2D eigenvalue weighted by Crippen LogP contribution is 2.37. The lowest BCUT2D eigenvalue weighted by atomic mass is 9.79. The van der Waals surface area contributed by atoms with Crippen LogP contribution in [0.15, 0.2) is 0 Å². The Morgan fingerprint density at radius 2 is 1.67 bits per heavy atom. The summed E-state index contributed by atoms with van der Waals surface area (Å²) in [5.41, 5.74) is 0.530. The average molecular weight is 168 g/mol. The van der Waals surface area contributed by atoms with Crippen molar-refractivity contribution in [3.05, 3.63) is 0 Å². The molecule has 1 fully saturated rings. The van der Waals surface area contributed by atoms with Gasteiger partial charge in [0.1, 0.15) is 0 Å². The first-order valence-corrected chi connectivity index (χ1v) is 5.49. The van der Waals surface area contributed by atoms with E-state index in [4.69, 9.17) is 0 Å². The van der Waals surface area contributed by atoms with Crippen molar-refractivity contribution in [1.82, 2.24) is 0 Å². The van der Waals surface area contributed by atoms with Gasteiger partial charge in [-0.15, -0.1) is 0 Å². The zero-order chi connectivity index (χ0) is 9.19. The summed E-state index contributed by atoms with van der Waals surface area (Å²) in [5.74, 6) is 2.00. The third-order valence-electron chi connectivity index (χ3n) is 3.14. The molecule has 72 valence electrons. The summed E-state index contributed by atoms with van der Waals surface area (Å²) in [4.78, 5) is 0. The minimum absolute atomic E-state index is 0.530. The highest BCUT2D eigenvalue weighted by atomic mass is 14.3. The molecular weight excluding hydrogens is 144 g/mol. The Morgan fingerprint density at radius 1 is 1.17 bits per heavy atom. The molecule has 0 nitrogen and oxygen atoms in total. The largest absolute Gasteiger partial charge is 0.0622 e. The average Bonchev–Trinajstić information content (AvgIpc) is 2.32. The predicted molar refractivity (Wildman–Crippen MR) is 55.2 cm³/mol. The van der Waals surface area contributed by atoms with Gasteiger partial charge in [-0.1, -0.05) is 53.4 Å². The summed E-state index contributed by atoms with van der Waals surface area (Å²) in [7, 11) is 0. The molecule has 1 rings (SSSR count). The van der Waals surface area contributed by atoms with Gasteiger partial charge in [0.2, 0.25) is 0 Å². The molecular formula is C12H24. The van der Waals surface area contributed by atoms with Gasteiger partial charge in [-0.25, -0.2) is 0 Å². The van der Waals surface area contributed by atoms with Crippen LogP contribution >= 0.6 is 0 Å². The van der Waals surface area contributed by atoms with Gasteiger partial charge in [-0.2, -0.15) is 0 Å². The van der Waals surface area contributed by atoms with E-state index in [9.17, 15) is 0 Å². The molecule has 0 saturated heterocycles. The Morgan fingerprint density at radius 3 is 2.08 bits per heavy atom. The van der Waals surface area contributed by atoms with Crippen LogP contribution in [0.25, 0.3) is 0 Å². The van der Waals surface area contributed by atoms with Gasteiger partial charge in [0.15, 0.2) is 0 Å². The van der Waals surface area contributed by atoms with Crippen LogP contribution in [0.3, 0.4) is 0 Å². The second-order valence-electron chi connectivity index (χ2n) is 5.79. The van der Waals surface area contributed by atoms with Crippen molar-refractivity contribution in [2.24, 2.45) is 17.3 Å². The highest BCUT2D eigenvalue weighted by molar-refractivity contribution is 4.76. The van der Waals surface area contributed by atoms with Crippen molar-refractivity contribution in [2.45, 2.75) is 59.8 Å². The van der Waals surface area contributed by atoms with E-state index in [0.717, 1.165) is 11.8 Å². The minimum Gasteiger partial charge on any atom is -0.0622 e. The zero-order valence-corrected chi connectivity index (χ0v) is 9.19. The molecule has 0 N–H and O–H groups in total. The maximum atomic E-state index is 2.45. The third-order valence-corrected chi connectivity index (χ3v) is 3.14. The zero-order valence-electron chi connectivity index (χ0n) is 9.19. The highest BCUT2D eigenvalue weighted by Gasteiger charge is 2.25. The molecule has 0 heterocycles. The Bertz CT molecular complexity index is 123. The Hall–Kier alpha value is 0. The van der Waals surface area contributed by atoms with Crippen LogP contribution in [0.4, 0.5) is 0 Å². The van der Waals surface area contributed by atoms with Crippen molar-refractivity contribution in [2.75, 3.05) is 0 Å². The van der Waals surface area contributed by atoms with Crippen molar-refractivity contribution < 1.29 is 0 Å². The summed E-state index contributed by atoms with van der Waals surface area (Å²) < 4.78 is 0. The van der Waals surface area contributed by atoms with E-state index < -0.39 is 0 Å². The molecule has 0 bridgehead atoms. The van der Waals surface area contributed by atoms with Gasteiger partial charge >= 0.3 is 0 Å². The topological polar surface area (TPSA) is 0 Å². The molecule has 0 aromatic rings. The first kappa shape index (κ1) is 10.1. The number of rotatable bonds is 2. The number of hydrogen-bond donors (Lipinski definition) is 0. The summed E-state index contributed by atoms with van der Waals surface area (Å²) in [6.07, 6.45) is 7.37. The van der Waals surface area contributed by atoms with Gasteiger partial charge < -0.3 is 0 Å². The van der Waals surface area contributed by atoms with E-state index in [1.807, 2.05) is 0 Å². The lowest BCUT2D eigenvalue weighted by Crippen LogP contribution is -2.16. The van der Waals surface area contributed by atoms with E-state index in [1.165, 1.54) is 32.1 Å². The van der Waals surface area contributed by atoms with E-state index in [0.29, 0.717) is 5.41 Å². The first-order valence-electron chi connectivity index (χ1n) is 5.49. The maximum Gasteiger partial charge on any atom is -0.0380 e.